The Labute approximate surface area is 185 Å². The summed E-state index contributed by atoms with van der Waals surface area (Å²) in [6.07, 6.45) is -4.75. The van der Waals surface area contributed by atoms with E-state index in [0.29, 0.717) is 16.7 Å². The van der Waals surface area contributed by atoms with Crippen molar-refractivity contribution in [2.75, 3.05) is 17.2 Å². The molecule has 1 aliphatic heterocycles. The van der Waals surface area contributed by atoms with Crippen molar-refractivity contribution in [3.63, 3.8) is 0 Å². The van der Waals surface area contributed by atoms with Gasteiger partial charge in [-0.1, -0.05) is 23.7 Å². The molecule has 0 radical (unpaired) electrons. The fraction of sp³-hybridized carbons (Fsp3) is 0.263. The first-order valence-electron chi connectivity index (χ1n) is 9.01. The quantitative estimate of drug-likeness (QED) is 0.636. The number of amides is 2. The van der Waals surface area contributed by atoms with Crippen molar-refractivity contribution in [3.05, 3.63) is 58.4 Å². The smallest absolute Gasteiger partial charge is 0.343 e. The molecule has 0 aliphatic carbocycles. The topological polar surface area (TPSA) is 110 Å². The summed E-state index contributed by atoms with van der Waals surface area (Å²) in [7, 11) is -4.25. The highest BCUT2D eigenvalue weighted by atomic mass is 35.5. The van der Waals surface area contributed by atoms with Crippen LogP contribution < -0.4 is 16.0 Å². The molecule has 0 saturated carbocycles. The van der Waals surface area contributed by atoms with Crippen molar-refractivity contribution >= 4 is 38.9 Å². The number of nitrogens with zero attached hydrogens (tertiary/aromatic N) is 1. The third-order valence-corrected chi connectivity index (χ3v) is 6.65. The van der Waals surface area contributed by atoms with E-state index in [1.54, 1.807) is 12.1 Å². The van der Waals surface area contributed by atoms with Gasteiger partial charge in [-0.05, 0) is 29.8 Å². The number of carbonyl (C=O) groups excluding carboxylic acids is 2. The molecule has 2 amide bonds. The second kappa shape index (κ2) is 8.68. The number of halogens is 5. The van der Waals surface area contributed by atoms with Gasteiger partial charge in [0.2, 0.25) is 5.91 Å². The van der Waals surface area contributed by atoms with Crippen LogP contribution in [0.2, 0.25) is 5.02 Å². The molecule has 0 fully saturated rings. The fourth-order valence-corrected chi connectivity index (χ4v) is 4.80. The highest BCUT2D eigenvalue weighted by molar-refractivity contribution is 7.91. The highest BCUT2D eigenvalue weighted by Gasteiger charge is 2.38. The van der Waals surface area contributed by atoms with Crippen molar-refractivity contribution < 1.29 is 35.6 Å². The number of carbonyl (C=O) groups is 2. The summed E-state index contributed by atoms with van der Waals surface area (Å²) in [5.41, 5.74) is 5.03. The van der Waals surface area contributed by atoms with Crippen LogP contribution in [0.3, 0.4) is 0 Å². The van der Waals surface area contributed by atoms with Crippen LogP contribution in [-0.2, 0) is 21.2 Å². The summed E-state index contributed by atoms with van der Waals surface area (Å²) in [6.45, 7) is -1.93. The predicted octanol–water partition coefficient (Wildman–Crippen LogP) is 2.42. The minimum absolute atomic E-state index is 0.207. The maximum atomic E-state index is 14.6. The van der Waals surface area contributed by atoms with Crippen LogP contribution in [0, 0.1) is 5.82 Å². The molecular weight excluding hydrogens is 478 g/mol. The summed E-state index contributed by atoms with van der Waals surface area (Å²) in [5, 5.41) is 1.92. The van der Waals surface area contributed by atoms with Gasteiger partial charge >= 0.3 is 6.18 Å². The van der Waals surface area contributed by atoms with Gasteiger partial charge in [0.15, 0.2) is 9.84 Å². The van der Waals surface area contributed by atoms with Crippen molar-refractivity contribution in [2.24, 2.45) is 5.73 Å². The van der Waals surface area contributed by atoms with Crippen molar-refractivity contribution in [2.45, 2.75) is 23.7 Å². The first-order valence-corrected chi connectivity index (χ1v) is 11.0. The Morgan fingerprint density at radius 1 is 1.22 bits per heavy atom. The molecule has 0 unspecified atom stereocenters. The summed E-state index contributed by atoms with van der Waals surface area (Å²) >= 11 is 5.84. The average Bonchev–Trinajstić information content (AvgIpc) is 2.75. The number of sulfone groups is 1. The molecule has 0 bridgehead atoms. The molecule has 1 aliphatic rings. The first kappa shape index (κ1) is 24.0. The molecule has 32 heavy (non-hydrogen) atoms. The maximum absolute atomic E-state index is 14.6. The van der Waals surface area contributed by atoms with E-state index in [4.69, 9.17) is 17.3 Å². The standard InChI is InChI=1S/C19H16ClF4N3O4S/c20-11-3-1-10(2-4-11)7-27-15-5-12(17(28)26-9-19(22,23)24)13(21)6-16(15)32(30,31)8-14(25)18(27)29/h1-6,14H,7-9,25H2,(H,26,28)/t14-/m0/s1. The fourth-order valence-electron chi connectivity index (χ4n) is 3.11. The van der Waals surface area contributed by atoms with Crippen LogP contribution in [-0.4, -0.2) is 44.7 Å². The molecule has 2 aromatic rings. The Bertz CT molecular complexity index is 1170. The minimum atomic E-state index is -4.75. The number of nitrogens with one attached hydrogen (secondary N) is 1. The predicted molar refractivity (Wildman–Crippen MR) is 107 cm³/mol. The Morgan fingerprint density at radius 3 is 2.44 bits per heavy atom. The number of fused-ring (bicyclic) bond motifs is 1. The molecule has 0 aromatic heterocycles. The number of hydrogen-bond acceptors (Lipinski definition) is 5. The van der Waals surface area contributed by atoms with Crippen LogP contribution >= 0.6 is 11.6 Å². The molecule has 3 N–H and O–H groups in total. The SMILES string of the molecule is N[C@H]1CS(=O)(=O)c2cc(F)c(C(=O)NCC(F)(F)F)cc2N(Cc2ccc(Cl)cc2)C1=O. The van der Waals surface area contributed by atoms with Gasteiger partial charge in [0.05, 0.1) is 34.5 Å². The largest absolute Gasteiger partial charge is 0.405 e. The number of benzene rings is 2. The molecule has 2 aromatic carbocycles. The Hall–Kier alpha value is -2.70. The zero-order chi connectivity index (χ0) is 23.8. The van der Waals surface area contributed by atoms with E-state index in [2.05, 4.69) is 0 Å². The lowest BCUT2D eigenvalue weighted by atomic mass is 10.1. The summed E-state index contributed by atoms with van der Waals surface area (Å²) < 4.78 is 77.2. The van der Waals surface area contributed by atoms with E-state index in [0.717, 1.165) is 11.0 Å². The number of rotatable bonds is 4. The van der Waals surface area contributed by atoms with Gasteiger partial charge in [0.25, 0.3) is 5.91 Å². The third-order valence-electron chi connectivity index (χ3n) is 4.60. The molecule has 13 heteroatoms. The summed E-state index contributed by atoms with van der Waals surface area (Å²) in [6, 6.07) is 5.92. The molecular formula is C19H16ClF4N3O4S. The van der Waals surface area contributed by atoms with Crippen LogP contribution in [0.15, 0.2) is 41.3 Å². The highest BCUT2D eigenvalue weighted by Crippen LogP contribution is 2.34. The lowest BCUT2D eigenvalue weighted by molar-refractivity contribution is -0.123. The Morgan fingerprint density at radius 2 is 1.84 bits per heavy atom. The van der Waals surface area contributed by atoms with Crippen LogP contribution in [0.25, 0.3) is 0 Å². The van der Waals surface area contributed by atoms with Gasteiger partial charge in [-0.2, -0.15) is 13.2 Å². The minimum Gasteiger partial charge on any atom is -0.343 e. The molecule has 1 atom stereocenters. The van der Waals surface area contributed by atoms with Gasteiger partial charge in [-0.25, -0.2) is 12.8 Å². The number of hydrogen-bond donors (Lipinski definition) is 2. The second-order valence-corrected chi connectivity index (χ2v) is 9.48. The van der Waals surface area contributed by atoms with E-state index < -0.39 is 62.4 Å². The number of anilines is 1. The van der Waals surface area contributed by atoms with Crippen LogP contribution in [0.4, 0.5) is 23.2 Å². The monoisotopic (exact) mass is 493 g/mol. The normalized spacial score (nSPS) is 18.1. The van der Waals surface area contributed by atoms with Gasteiger partial charge < -0.3 is 16.0 Å². The Balaban J connectivity index is 2.12. The average molecular weight is 494 g/mol. The van der Waals surface area contributed by atoms with Crippen molar-refractivity contribution in [3.8, 4) is 0 Å². The number of nitrogens with two attached hydrogens (primary N) is 1. The van der Waals surface area contributed by atoms with Crippen LogP contribution in [0.5, 0.6) is 0 Å². The Kier molecular flexibility index (Phi) is 6.50. The van der Waals surface area contributed by atoms with Gasteiger partial charge in [-0.3, -0.25) is 9.59 Å². The summed E-state index contributed by atoms with van der Waals surface area (Å²) in [5.74, 6) is -4.42. The van der Waals surface area contributed by atoms with E-state index in [9.17, 15) is 35.6 Å². The molecule has 1 heterocycles. The van der Waals surface area contributed by atoms with E-state index in [-0.39, 0.29) is 12.2 Å². The summed E-state index contributed by atoms with van der Waals surface area (Å²) in [4.78, 5) is 25.4. The van der Waals surface area contributed by atoms with Gasteiger partial charge in [0, 0.05) is 5.02 Å². The molecule has 172 valence electrons. The molecule has 0 saturated heterocycles. The van der Waals surface area contributed by atoms with Crippen molar-refractivity contribution in [1.29, 1.82) is 0 Å². The molecule has 3 rings (SSSR count). The van der Waals surface area contributed by atoms with Crippen LogP contribution in [0.1, 0.15) is 15.9 Å². The zero-order valence-electron chi connectivity index (χ0n) is 16.1. The zero-order valence-corrected chi connectivity index (χ0v) is 17.7. The van der Waals surface area contributed by atoms with E-state index in [1.807, 2.05) is 0 Å². The second-order valence-electron chi connectivity index (χ2n) is 7.04. The number of alkyl halides is 3. The third kappa shape index (κ3) is 5.19. The lowest BCUT2D eigenvalue weighted by Gasteiger charge is -2.25. The van der Waals surface area contributed by atoms with Gasteiger partial charge in [0.1, 0.15) is 12.4 Å². The van der Waals surface area contributed by atoms with Crippen molar-refractivity contribution in [1.82, 2.24) is 5.32 Å². The first-order chi connectivity index (χ1) is 14.8. The van der Waals surface area contributed by atoms with E-state index in [1.165, 1.54) is 17.4 Å². The molecule has 0 spiro atoms. The lowest BCUT2D eigenvalue weighted by Crippen LogP contribution is -2.45. The maximum Gasteiger partial charge on any atom is 0.405 e. The van der Waals surface area contributed by atoms with E-state index >= 15 is 0 Å². The molecule has 7 nitrogen and oxygen atoms in total. The van der Waals surface area contributed by atoms with Gasteiger partial charge in [-0.15, -0.1) is 0 Å².